The van der Waals surface area contributed by atoms with Crippen molar-refractivity contribution in [3.8, 4) is 11.1 Å². The average Bonchev–Trinajstić information content (AvgIpc) is 3.46. The smallest absolute Gasteiger partial charge is 0.252 e. The Morgan fingerprint density at radius 3 is 2.25 bits per heavy atom. The number of halogens is 1. The van der Waals surface area contributed by atoms with Crippen LogP contribution in [0.1, 0.15) is 59.5 Å². The monoisotopic (exact) mass is 450 g/mol. The molecule has 1 saturated carbocycles. The molecule has 1 aliphatic carbocycles. The van der Waals surface area contributed by atoms with Gasteiger partial charge in [0.2, 0.25) is 5.91 Å². The molecule has 3 aromatic rings. The van der Waals surface area contributed by atoms with Gasteiger partial charge in [0.25, 0.3) is 5.91 Å². The summed E-state index contributed by atoms with van der Waals surface area (Å²) in [5, 5.41) is 3.39. The van der Waals surface area contributed by atoms with Crippen molar-refractivity contribution < 1.29 is 14.0 Å². The van der Waals surface area contributed by atoms with E-state index in [-0.39, 0.29) is 34.5 Å². The van der Waals surface area contributed by atoms with Crippen LogP contribution in [0.25, 0.3) is 11.1 Å². The van der Waals surface area contributed by atoms with Crippen molar-refractivity contribution in [3.63, 3.8) is 0 Å². The topological polar surface area (TPSA) is 72.2 Å². The Kier molecular flexibility index (Phi) is 5.67. The van der Waals surface area contributed by atoms with Crippen LogP contribution in [-0.4, -0.2) is 11.8 Å². The number of hydrogen-bond donors (Lipinski definition) is 2. The molecule has 32 heavy (non-hydrogen) atoms. The Hall–Kier alpha value is -2.99. The van der Waals surface area contributed by atoms with E-state index in [0.717, 1.165) is 16.9 Å². The first-order valence-electron chi connectivity index (χ1n) is 10.7. The van der Waals surface area contributed by atoms with Gasteiger partial charge in [0.05, 0.1) is 5.56 Å². The molecule has 1 fully saturated rings. The minimum absolute atomic E-state index is 0.0866. The fourth-order valence-electron chi connectivity index (χ4n) is 4.12. The van der Waals surface area contributed by atoms with Crippen molar-refractivity contribution >= 4 is 28.2 Å². The third kappa shape index (κ3) is 4.32. The zero-order chi connectivity index (χ0) is 23.2. The summed E-state index contributed by atoms with van der Waals surface area (Å²) >= 11 is 1.32. The lowest BCUT2D eigenvalue weighted by Gasteiger charge is -2.19. The number of nitrogens with one attached hydrogen (secondary N) is 1. The molecular formula is C26H27FN2O2S. The molecule has 4 rings (SSSR count). The highest BCUT2D eigenvalue weighted by Crippen LogP contribution is 2.49. The fourth-order valence-corrected chi connectivity index (χ4v) is 5.20. The number of amides is 2. The molecule has 0 saturated heterocycles. The third-order valence-corrected chi connectivity index (χ3v) is 7.05. The van der Waals surface area contributed by atoms with Crippen LogP contribution in [0.2, 0.25) is 0 Å². The van der Waals surface area contributed by atoms with Gasteiger partial charge in [-0.05, 0) is 53.5 Å². The molecule has 1 heterocycles. The molecule has 166 valence electrons. The first kappa shape index (κ1) is 22.2. The van der Waals surface area contributed by atoms with E-state index in [1.807, 2.05) is 6.92 Å². The van der Waals surface area contributed by atoms with Gasteiger partial charge in [0, 0.05) is 16.4 Å². The minimum Gasteiger partial charge on any atom is -0.365 e. The second kappa shape index (κ2) is 8.17. The summed E-state index contributed by atoms with van der Waals surface area (Å²) in [6.07, 6.45) is 0.780. The highest BCUT2D eigenvalue weighted by Gasteiger charge is 2.44. The Morgan fingerprint density at radius 1 is 1.06 bits per heavy atom. The molecule has 1 aromatic heterocycles. The SMILES string of the molecule is Cc1sc(NC(=O)[C@@H]2C[C@@H]2c2ccc(C(C)(C)C)cc2)c(C(N)=O)c1-c1ccc(F)cc1. The molecule has 6 heteroatoms. The van der Waals surface area contributed by atoms with Crippen molar-refractivity contribution in [2.75, 3.05) is 5.32 Å². The predicted octanol–water partition coefficient (Wildman–Crippen LogP) is 6.00. The van der Waals surface area contributed by atoms with Gasteiger partial charge in [-0.1, -0.05) is 57.2 Å². The number of rotatable bonds is 5. The number of hydrogen-bond acceptors (Lipinski definition) is 3. The lowest BCUT2D eigenvalue weighted by atomic mass is 9.86. The van der Waals surface area contributed by atoms with Crippen LogP contribution in [0.3, 0.4) is 0 Å². The molecule has 3 N–H and O–H groups in total. The largest absolute Gasteiger partial charge is 0.365 e. The number of nitrogens with two attached hydrogens (primary N) is 1. The fraction of sp³-hybridized carbons (Fsp3) is 0.308. The van der Waals surface area contributed by atoms with Crippen LogP contribution in [0, 0.1) is 18.7 Å². The zero-order valence-corrected chi connectivity index (χ0v) is 19.5. The van der Waals surface area contributed by atoms with E-state index in [9.17, 15) is 14.0 Å². The minimum atomic E-state index is -0.617. The van der Waals surface area contributed by atoms with Crippen molar-refractivity contribution in [2.24, 2.45) is 11.7 Å². The van der Waals surface area contributed by atoms with E-state index >= 15 is 0 Å². The number of primary amides is 1. The molecule has 1 aliphatic rings. The number of benzene rings is 2. The van der Waals surface area contributed by atoms with Crippen LogP contribution in [0.4, 0.5) is 9.39 Å². The van der Waals surface area contributed by atoms with Gasteiger partial charge in [-0.2, -0.15) is 0 Å². The molecular weight excluding hydrogens is 423 g/mol. The second-order valence-corrected chi connectivity index (χ2v) is 10.6. The maximum Gasteiger partial charge on any atom is 0.252 e. The van der Waals surface area contributed by atoms with Gasteiger partial charge in [-0.15, -0.1) is 11.3 Å². The lowest BCUT2D eigenvalue weighted by Crippen LogP contribution is -2.18. The van der Waals surface area contributed by atoms with E-state index in [1.165, 1.54) is 29.0 Å². The summed E-state index contributed by atoms with van der Waals surface area (Å²) in [5.74, 6) is -1.03. The summed E-state index contributed by atoms with van der Waals surface area (Å²) in [7, 11) is 0. The number of anilines is 1. The summed E-state index contributed by atoms with van der Waals surface area (Å²) in [5.41, 5.74) is 9.79. The Bertz CT molecular complexity index is 1170. The standard InChI is InChI=1S/C26H27FN2O2S/c1-14-21(16-7-11-18(27)12-8-16)22(23(28)30)25(32-14)29-24(31)20-13-19(20)15-5-9-17(10-6-15)26(2,3)4/h5-12,19-20H,13H2,1-4H3,(H2,28,30)(H,29,31)/t19-,20-/m1/s1. The van der Waals surface area contributed by atoms with Crippen molar-refractivity contribution in [1.82, 2.24) is 0 Å². The molecule has 0 aliphatic heterocycles. The second-order valence-electron chi connectivity index (χ2n) is 9.42. The lowest BCUT2D eigenvalue weighted by molar-refractivity contribution is -0.117. The van der Waals surface area contributed by atoms with Crippen molar-refractivity contribution in [3.05, 3.63) is 75.9 Å². The highest BCUT2D eigenvalue weighted by atomic mass is 32.1. The van der Waals surface area contributed by atoms with Crippen molar-refractivity contribution in [2.45, 2.75) is 45.4 Å². The Labute approximate surface area is 191 Å². The van der Waals surface area contributed by atoms with E-state index < -0.39 is 5.91 Å². The van der Waals surface area contributed by atoms with Gasteiger partial charge in [0.1, 0.15) is 10.8 Å². The highest BCUT2D eigenvalue weighted by molar-refractivity contribution is 7.17. The predicted molar refractivity (Wildman–Crippen MR) is 128 cm³/mol. The molecule has 4 nitrogen and oxygen atoms in total. The Morgan fingerprint density at radius 2 is 1.69 bits per heavy atom. The molecule has 2 aromatic carbocycles. The molecule has 0 unspecified atom stereocenters. The van der Waals surface area contributed by atoms with Crippen LogP contribution in [0.15, 0.2) is 48.5 Å². The van der Waals surface area contributed by atoms with Gasteiger partial charge in [-0.3, -0.25) is 9.59 Å². The number of aryl methyl sites for hydroxylation is 1. The number of thiophene rings is 1. The number of carbonyl (C=O) groups excluding carboxylic acids is 2. The summed E-state index contributed by atoms with van der Waals surface area (Å²) in [6.45, 7) is 8.39. The van der Waals surface area contributed by atoms with Crippen molar-refractivity contribution in [1.29, 1.82) is 0 Å². The molecule has 2 amide bonds. The van der Waals surface area contributed by atoms with Gasteiger partial charge < -0.3 is 11.1 Å². The average molecular weight is 451 g/mol. The van der Waals surface area contributed by atoms with Crippen LogP contribution in [-0.2, 0) is 10.2 Å². The quantitative estimate of drug-likeness (QED) is 0.500. The van der Waals surface area contributed by atoms with E-state index in [2.05, 4.69) is 50.4 Å². The van der Waals surface area contributed by atoms with Crippen LogP contribution >= 0.6 is 11.3 Å². The Balaban J connectivity index is 1.54. The summed E-state index contributed by atoms with van der Waals surface area (Å²) in [6, 6.07) is 14.4. The first-order chi connectivity index (χ1) is 15.1. The number of carbonyl (C=O) groups is 2. The van der Waals surface area contributed by atoms with Crippen LogP contribution < -0.4 is 11.1 Å². The molecule has 0 spiro atoms. The normalized spacial score (nSPS) is 17.8. The van der Waals surface area contributed by atoms with E-state index in [1.54, 1.807) is 12.1 Å². The maximum atomic E-state index is 13.3. The van der Waals surface area contributed by atoms with Crippen LogP contribution in [0.5, 0.6) is 0 Å². The summed E-state index contributed by atoms with van der Waals surface area (Å²) in [4.78, 5) is 26.1. The summed E-state index contributed by atoms with van der Waals surface area (Å²) < 4.78 is 13.3. The van der Waals surface area contributed by atoms with Gasteiger partial charge in [-0.25, -0.2) is 4.39 Å². The molecule has 0 bridgehead atoms. The zero-order valence-electron chi connectivity index (χ0n) is 18.7. The van der Waals surface area contributed by atoms with Gasteiger partial charge >= 0.3 is 0 Å². The van der Waals surface area contributed by atoms with E-state index in [4.69, 9.17) is 5.73 Å². The maximum absolute atomic E-state index is 13.3. The molecule has 2 atom stereocenters. The van der Waals surface area contributed by atoms with Gasteiger partial charge in [0.15, 0.2) is 0 Å². The van der Waals surface area contributed by atoms with E-state index in [0.29, 0.717) is 16.1 Å². The first-order valence-corrected chi connectivity index (χ1v) is 11.5. The molecule has 0 radical (unpaired) electrons. The third-order valence-electron chi connectivity index (χ3n) is 6.03.